The molecule has 0 saturated carbocycles. The number of rotatable bonds is 5. The van der Waals surface area contributed by atoms with Crippen LogP contribution in [-0.2, 0) is 14.8 Å². The van der Waals surface area contributed by atoms with Crippen molar-refractivity contribution < 1.29 is 13.2 Å². The first kappa shape index (κ1) is 17.0. The molecule has 0 atom stereocenters. The van der Waals surface area contributed by atoms with Crippen molar-refractivity contribution >= 4 is 15.9 Å². The second kappa shape index (κ2) is 7.24. The fourth-order valence-electron chi connectivity index (χ4n) is 2.49. The molecule has 0 radical (unpaired) electrons. The van der Waals surface area contributed by atoms with Crippen LogP contribution >= 0.6 is 0 Å². The van der Waals surface area contributed by atoms with Gasteiger partial charge in [-0.15, -0.1) is 0 Å². The zero-order chi connectivity index (χ0) is 16.2. The lowest BCUT2D eigenvalue weighted by atomic mass is 10.1. The molecule has 1 aromatic carbocycles. The Morgan fingerprint density at radius 3 is 2.23 bits per heavy atom. The van der Waals surface area contributed by atoms with Gasteiger partial charge in [0, 0.05) is 32.6 Å². The smallest absolute Gasteiger partial charge is 0.243 e. The van der Waals surface area contributed by atoms with E-state index < -0.39 is 10.0 Å². The molecule has 0 N–H and O–H groups in total. The van der Waals surface area contributed by atoms with Gasteiger partial charge in [0.15, 0.2) is 0 Å². The second-order valence-corrected chi connectivity index (χ2v) is 7.97. The fourth-order valence-corrected chi connectivity index (χ4v) is 3.93. The van der Waals surface area contributed by atoms with Gasteiger partial charge in [0.1, 0.15) is 0 Å². The monoisotopic (exact) mass is 324 g/mol. The van der Waals surface area contributed by atoms with Gasteiger partial charge in [-0.05, 0) is 24.5 Å². The summed E-state index contributed by atoms with van der Waals surface area (Å²) in [5.74, 6) is 0.633. The van der Waals surface area contributed by atoms with Crippen molar-refractivity contribution in [3.05, 3.63) is 30.3 Å². The Bertz CT molecular complexity index is 591. The van der Waals surface area contributed by atoms with Crippen LogP contribution in [0.5, 0.6) is 0 Å². The molecule has 1 aliphatic heterocycles. The largest absolute Gasteiger partial charge is 0.340 e. The van der Waals surface area contributed by atoms with Crippen LogP contribution in [0.4, 0.5) is 0 Å². The topological polar surface area (TPSA) is 57.7 Å². The summed E-state index contributed by atoms with van der Waals surface area (Å²) >= 11 is 0. The molecule has 0 spiro atoms. The van der Waals surface area contributed by atoms with Gasteiger partial charge in [0.2, 0.25) is 15.9 Å². The van der Waals surface area contributed by atoms with Crippen molar-refractivity contribution in [1.82, 2.24) is 9.21 Å². The van der Waals surface area contributed by atoms with Gasteiger partial charge in [-0.1, -0.05) is 32.0 Å². The molecule has 1 aliphatic rings. The minimum absolute atomic E-state index is 0.130. The second-order valence-electron chi connectivity index (χ2n) is 6.03. The number of hydrogen-bond donors (Lipinski definition) is 0. The van der Waals surface area contributed by atoms with Crippen LogP contribution in [0.3, 0.4) is 0 Å². The molecule has 122 valence electrons. The van der Waals surface area contributed by atoms with Gasteiger partial charge >= 0.3 is 0 Å². The van der Waals surface area contributed by atoms with E-state index >= 15 is 0 Å². The van der Waals surface area contributed by atoms with E-state index in [0.717, 1.165) is 6.42 Å². The minimum atomic E-state index is -3.44. The van der Waals surface area contributed by atoms with Crippen LogP contribution in [-0.4, -0.2) is 49.7 Å². The molecule has 1 saturated heterocycles. The molecule has 0 aliphatic carbocycles. The summed E-state index contributed by atoms with van der Waals surface area (Å²) < 4.78 is 26.5. The molecule has 0 bridgehead atoms. The minimum Gasteiger partial charge on any atom is -0.340 e. The lowest BCUT2D eigenvalue weighted by molar-refractivity contribution is -0.132. The molecular formula is C16H24N2O3S. The quantitative estimate of drug-likeness (QED) is 0.832. The molecule has 22 heavy (non-hydrogen) atoms. The lowest BCUT2D eigenvalue weighted by Crippen LogP contribution is -2.50. The summed E-state index contributed by atoms with van der Waals surface area (Å²) in [5, 5.41) is 0. The number of sulfonamides is 1. The predicted molar refractivity (Wildman–Crippen MR) is 85.9 cm³/mol. The zero-order valence-electron chi connectivity index (χ0n) is 13.2. The zero-order valence-corrected chi connectivity index (χ0v) is 14.1. The van der Waals surface area contributed by atoms with E-state index in [1.165, 1.54) is 4.31 Å². The SMILES string of the molecule is CC(C)CCC(=O)N1CCN(S(=O)(=O)c2ccccc2)CC1. The molecule has 1 fully saturated rings. The summed E-state index contributed by atoms with van der Waals surface area (Å²) in [7, 11) is -3.44. The van der Waals surface area contributed by atoms with Crippen molar-refractivity contribution in [3.8, 4) is 0 Å². The first-order valence-corrected chi connectivity index (χ1v) is 9.18. The number of hydrogen-bond acceptors (Lipinski definition) is 3. The van der Waals surface area contributed by atoms with Gasteiger partial charge in [-0.3, -0.25) is 4.79 Å². The first-order chi connectivity index (χ1) is 10.4. The molecule has 0 unspecified atom stereocenters. The van der Waals surface area contributed by atoms with E-state index in [4.69, 9.17) is 0 Å². The first-order valence-electron chi connectivity index (χ1n) is 7.74. The molecular weight excluding hydrogens is 300 g/mol. The Morgan fingerprint density at radius 1 is 1.09 bits per heavy atom. The highest BCUT2D eigenvalue weighted by Crippen LogP contribution is 2.18. The Morgan fingerprint density at radius 2 is 1.68 bits per heavy atom. The summed E-state index contributed by atoms with van der Waals surface area (Å²) in [6.07, 6.45) is 1.42. The van der Waals surface area contributed by atoms with E-state index in [1.807, 2.05) is 0 Å². The maximum absolute atomic E-state index is 12.5. The van der Waals surface area contributed by atoms with E-state index in [0.29, 0.717) is 43.4 Å². The van der Waals surface area contributed by atoms with Crippen LogP contribution < -0.4 is 0 Å². The molecule has 1 amide bonds. The Balaban J connectivity index is 1.93. The number of carbonyl (C=O) groups is 1. The van der Waals surface area contributed by atoms with E-state index in [-0.39, 0.29) is 5.91 Å². The predicted octanol–water partition coefficient (Wildman–Crippen LogP) is 1.96. The fraction of sp³-hybridized carbons (Fsp3) is 0.562. The third-order valence-corrected chi connectivity index (χ3v) is 5.82. The van der Waals surface area contributed by atoms with Crippen molar-refractivity contribution in [2.75, 3.05) is 26.2 Å². The third kappa shape index (κ3) is 4.08. The van der Waals surface area contributed by atoms with Crippen molar-refractivity contribution in [3.63, 3.8) is 0 Å². The average Bonchev–Trinajstić information content (AvgIpc) is 2.53. The van der Waals surface area contributed by atoms with Gasteiger partial charge < -0.3 is 4.90 Å². The summed E-state index contributed by atoms with van der Waals surface area (Å²) in [4.78, 5) is 14.2. The maximum Gasteiger partial charge on any atom is 0.243 e. The number of nitrogens with zero attached hydrogens (tertiary/aromatic N) is 2. The van der Waals surface area contributed by atoms with Gasteiger partial charge in [0.25, 0.3) is 0 Å². The van der Waals surface area contributed by atoms with Crippen molar-refractivity contribution in [1.29, 1.82) is 0 Å². The number of benzene rings is 1. The van der Waals surface area contributed by atoms with Crippen LogP contribution in [0.2, 0.25) is 0 Å². The third-order valence-electron chi connectivity index (χ3n) is 3.91. The molecule has 1 heterocycles. The highest BCUT2D eigenvalue weighted by molar-refractivity contribution is 7.89. The number of carbonyl (C=O) groups excluding carboxylic acids is 1. The molecule has 0 aromatic heterocycles. The van der Waals surface area contributed by atoms with Crippen LogP contribution in [0.1, 0.15) is 26.7 Å². The van der Waals surface area contributed by atoms with E-state index in [1.54, 1.807) is 35.2 Å². The highest BCUT2D eigenvalue weighted by atomic mass is 32.2. The highest BCUT2D eigenvalue weighted by Gasteiger charge is 2.29. The maximum atomic E-state index is 12.5. The van der Waals surface area contributed by atoms with E-state index in [2.05, 4.69) is 13.8 Å². The number of amides is 1. The normalized spacial score (nSPS) is 17.0. The van der Waals surface area contributed by atoms with Gasteiger partial charge in [0.05, 0.1) is 4.90 Å². The lowest BCUT2D eigenvalue weighted by Gasteiger charge is -2.34. The Kier molecular flexibility index (Phi) is 5.58. The molecule has 6 heteroatoms. The summed E-state index contributed by atoms with van der Waals surface area (Å²) in [6.45, 7) is 5.87. The average molecular weight is 324 g/mol. The summed E-state index contributed by atoms with van der Waals surface area (Å²) in [5.41, 5.74) is 0. The van der Waals surface area contributed by atoms with Gasteiger partial charge in [-0.2, -0.15) is 4.31 Å². The standard InChI is InChI=1S/C16H24N2O3S/c1-14(2)8-9-16(19)17-10-12-18(13-11-17)22(20,21)15-6-4-3-5-7-15/h3-7,14H,8-13H2,1-2H3. The molecule has 5 nitrogen and oxygen atoms in total. The van der Waals surface area contributed by atoms with Crippen molar-refractivity contribution in [2.24, 2.45) is 5.92 Å². The van der Waals surface area contributed by atoms with Crippen LogP contribution in [0.25, 0.3) is 0 Å². The Labute approximate surface area is 133 Å². The van der Waals surface area contributed by atoms with E-state index in [9.17, 15) is 13.2 Å². The molecule has 1 aromatic rings. The number of piperazine rings is 1. The Hall–Kier alpha value is -1.40. The van der Waals surface area contributed by atoms with Crippen molar-refractivity contribution in [2.45, 2.75) is 31.6 Å². The van der Waals surface area contributed by atoms with Crippen LogP contribution in [0.15, 0.2) is 35.2 Å². The van der Waals surface area contributed by atoms with Gasteiger partial charge in [-0.25, -0.2) is 8.42 Å². The van der Waals surface area contributed by atoms with Crippen LogP contribution in [0, 0.1) is 5.92 Å². The molecule has 2 rings (SSSR count). The summed E-state index contributed by atoms with van der Waals surface area (Å²) in [6, 6.07) is 8.45.